The molecule has 18 heavy (non-hydrogen) atoms. The molecule has 0 aliphatic heterocycles. The summed E-state index contributed by atoms with van der Waals surface area (Å²) in [4.78, 5) is 20.0. The SMILES string of the molecule is Cc1ccnc(SC2CCCC(N)(C(N)=O)C2)n1. The van der Waals surface area contributed by atoms with Gasteiger partial charge < -0.3 is 11.5 Å². The molecule has 1 heterocycles. The van der Waals surface area contributed by atoms with Gasteiger partial charge in [-0.1, -0.05) is 11.8 Å². The highest BCUT2D eigenvalue weighted by Gasteiger charge is 2.38. The number of hydrogen-bond acceptors (Lipinski definition) is 5. The smallest absolute Gasteiger partial charge is 0.237 e. The largest absolute Gasteiger partial charge is 0.368 e. The van der Waals surface area contributed by atoms with Gasteiger partial charge in [0.05, 0.1) is 5.54 Å². The first kappa shape index (κ1) is 13.3. The number of nitrogens with zero attached hydrogens (tertiary/aromatic N) is 2. The Morgan fingerprint density at radius 1 is 1.61 bits per heavy atom. The normalized spacial score (nSPS) is 28.0. The maximum absolute atomic E-state index is 11.4. The van der Waals surface area contributed by atoms with E-state index in [0.29, 0.717) is 12.8 Å². The third-order valence-electron chi connectivity index (χ3n) is 3.28. The van der Waals surface area contributed by atoms with Crippen LogP contribution in [0.15, 0.2) is 17.4 Å². The van der Waals surface area contributed by atoms with E-state index in [2.05, 4.69) is 9.97 Å². The summed E-state index contributed by atoms with van der Waals surface area (Å²) in [6.07, 6.45) is 4.97. The molecule has 0 saturated heterocycles. The van der Waals surface area contributed by atoms with Gasteiger partial charge >= 0.3 is 0 Å². The maximum Gasteiger partial charge on any atom is 0.237 e. The molecule has 2 unspecified atom stereocenters. The summed E-state index contributed by atoms with van der Waals surface area (Å²) < 4.78 is 0. The Morgan fingerprint density at radius 3 is 3.06 bits per heavy atom. The van der Waals surface area contributed by atoms with E-state index in [9.17, 15) is 4.79 Å². The zero-order valence-electron chi connectivity index (χ0n) is 10.4. The van der Waals surface area contributed by atoms with Gasteiger partial charge in [-0.2, -0.15) is 0 Å². The number of carbonyl (C=O) groups is 1. The van der Waals surface area contributed by atoms with Gasteiger partial charge in [0.1, 0.15) is 0 Å². The number of thioether (sulfide) groups is 1. The number of carbonyl (C=O) groups excluding carboxylic acids is 1. The molecular formula is C12H18N4OS. The molecule has 0 spiro atoms. The van der Waals surface area contributed by atoms with Crippen molar-refractivity contribution >= 4 is 17.7 Å². The number of aromatic nitrogens is 2. The molecule has 0 aromatic carbocycles. The first-order chi connectivity index (χ1) is 8.49. The molecule has 1 saturated carbocycles. The van der Waals surface area contributed by atoms with E-state index < -0.39 is 11.4 Å². The van der Waals surface area contributed by atoms with Crippen molar-refractivity contribution in [2.24, 2.45) is 11.5 Å². The predicted molar refractivity (Wildman–Crippen MR) is 71.0 cm³/mol. The van der Waals surface area contributed by atoms with Crippen LogP contribution in [0.5, 0.6) is 0 Å². The van der Waals surface area contributed by atoms with E-state index in [1.807, 2.05) is 13.0 Å². The molecule has 1 aromatic rings. The molecule has 4 N–H and O–H groups in total. The Kier molecular flexibility index (Phi) is 3.87. The van der Waals surface area contributed by atoms with E-state index in [1.54, 1.807) is 18.0 Å². The highest BCUT2D eigenvalue weighted by atomic mass is 32.2. The minimum absolute atomic E-state index is 0.262. The Balaban J connectivity index is 2.04. The van der Waals surface area contributed by atoms with Gasteiger partial charge in [-0.15, -0.1) is 0 Å². The van der Waals surface area contributed by atoms with Crippen LogP contribution in [0.1, 0.15) is 31.4 Å². The van der Waals surface area contributed by atoms with Gasteiger partial charge in [0, 0.05) is 17.1 Å². The number of primary amides is 1. The van der Waals surface area contributed by atoms with Crippen LogP contribution in [0.4, 0.5) is 0 Å². The summed E-state index contributed by atoms with van der Waals surface area (Å²) in [6, 6.07) is 1.86. The average molecular weight is 266 g/mol. The van der Waals surface area contributed by atoms with E-state index in [4.69, 9.17) is 11.5 Å². The molecule has 1 fully saturated rings. The van der Waals surface area contributed by atoms with Crippen molar-refractivity contribution in [3.05, 3.63) is 18.0 Å². The Labute approximate surface area is 111 Å². The summed E-state index contributed by atoms with van der Waals surface area (Å²) in [5, 5.41) is 1.01. The molecule has 0 bridgehead atoms. The highest BCUT2D eigenvalue weighted by molar-refractivity contribution is 7.99. The highest BCUT2D eigenvalue weighted by Crippen LogP contribution is 2.35. The number of hydrogen-bond donors (Lipinski definition) is 2. The van der Waals surface area contributed by atoms with Crippen LogP contribution in [0.2, 0.25) is 0 Å². The van der Waals surface area contributed by atoms with Crippen molar-refractivity contribution < 1.29 is 4.79 Å². The third kappa shape index (κ3) is 3.00. The van der Waals surface area contributed by atoms with E-state index in [0.717, 1.165) is 23.7 Å². The van der Waals surface area contributed by atoms with Crippen LogP contribution in [0.25, 0.3) is 0 Å². The van der Waals surface area contributed by atoms with Crippen molar-refractivity contribution in [1.82, 2.24) is 9.97 Å². The molecule has 0 radical (unpaired) electrons. The number of rotatable bonds is 3. The summed E-state index contributed by atoms with van der Waals surface area (Å²) in [6.45, 7) is 1.93. The van der Waals surface area contributed by atoms with Gasteiger partial charge in [0.2, 0.25) is 5.91 Å². The number of amides is 1. The monoisotopic (exact) mass is 266 g/mol. The van der Waals surface area contributed by atoms with Gasteiger partial charge in [-0.05, 0) is 38.7 Å². The predicted octanol–water partition coefficient (Wildman–Crippen LogP) is 1.00. The molecular weight excluding hydrogens is 248 g/mol. The molecule has 5 nitrogen and oxygen atoms in total. The van der Waals surface area contributed by atoms with E-state index in [-0.39, 0.29) is 5.25 Å². The molecule has 1 aromatic heterocycles. The first-order valence-electron chi connectivity index (χ1n) is 6.05. The topological polar surface area (TPSA) is 94.9 Å². The Hall–Kier alpha value is -1.14. The van der Waals surface area contributed by atoms with Crippen molar-refractivity contribution in [3.63, 3.8) is 0 Å². The van der Waals surface area contributed by atoms with Crippen LogP contribution >= 0.6 is 11.8 Å². The van der Waals surface area contributed by atoms with E-state index >= 15 is 0 Å². The summed E-state index contributed by atoms with van der Waals surface area (Å²) >= 11 is 1.59. The second kappa shape index (κ2) is 5.24. The Morgan fingerprint density at radius 2 is 2.39 bits per heavy atom. The van der Waals surface area contributed by atoms with Crippen LogP contribution in [0, 0.1) is 6.92 Å². The zero-order chi connectivity index (χ0) is 13.2. The van der Waals surface area contributed by atoms with Gasteiger partial charge in [0.25, 0.3) is 0 Å². The zero-order valence-corrected chi connectivity index (χ0v) is 11.2. The van der Waals surface area contributed by atoms with Crippen molar-refractivity contribution in [2.75, 3.05) is 0 Å². The first-order valence-corrected chi connectivity index (χ1v) is 6.93. The molecule has 6 heteroatoms. The maximum atomic E-state index is 11.4. The lowest BCUT2D eigenvalue weighted by molar-refractivity contribution is -0.124. The van der Waals surface area contributed by atoms with Crippen molar-refractivity contribution in [1.29, 1.82) is 0 Å². The van der Waals surface area contributed by atoms with E-state index in [1.165, 1.54) is 0 Å². The summed E-state index contributed by atoms with van der Waals surface area (Å²) in [5.41, 5.74) is 11.5. The minimum atomic E-state index is -0.861. The number of aryl methyl sites for hydroxylation is 1. The van der Waals surface area contributed by atoms with Crippen LogP contribution in [0.3, 0.4) is 0 Å². The second-order valence-corrected chi connectivity index (χ2v) is 6.10. The molecule has 1 aliphatic rings. The van der Waals surface area contributed by atoms with Crippen LogP contribution < -0.4 is 11.5 Å². The molecule has 2 rings (SSSR count). The fourth-order valence-corrected chi connectivity index (χ4v) is 3.49. The van der Waals surface area contributed by atoms with Crippen molar-refractivity contribution in [2.45, 2.75) is 48.6 Å². The second-order valence-electron chi connectivity index (χ2n) is 4.84. The summed E-state index contributed by atoms with van der Waals surface area (Å²) in [5.74, 6) is -0.405. The quantitative estimate of drug-likeness (QED) is 0.796. The van der Waals surface area contributed by atoms with Crippen LogP contribution in [-0.4, -0.2) is 26.7 Å². The van der Waals surface area contributed by atoms with Crippen LogP contribution in [-0.2, 0) is 4.79 Å². The molecule has 98 valence electrons. The van der Waals surface area contributed by atoms with Gasteiger partial charge in [0.15, 0.2) is 5.16 Å². The minimum Gasteiger partial charge on any atom is -0.368 e. The lowest BCUT2D eigenvalue weighted by atomic mass is 9.82. The molecule has 1 aliphatic carbocycles. The van der Waals surface area contributed by atoms with Crippen molar-refractivity contribution in [3.8, 4) is 0 Å². The third-order valence-corrected chi connectivity index (χ3v) is 4.42. The Bertz CT molecular complexity index is 453. The van der Waals surface area contributed by atoms with Gasteiger partial charge in [-0.3, -0.25) is 4.79 Å². The standard InChI is InChI=1S/C12H18N4OS/c1-8-4-6-15-11(16-8)18-9-3-2-5-12(14,7-9)10(13)17/h4,6,9H,2-3,5,7,14H2,1H3,(H2,13,17). The van der Waals surface area contributed by atoms with Gasteiger partial charge in [-0.25, -0.2) is 9.97 Å². The molecule has 2 atom stereocenters. The fourth-order valence-electron chi connectivity index (χ4n) is 2.21. The fraction of sp³-hybridized carbons (Fsp3) is 0.583. The number of nitrogens with two attached hydrogens (primary N) is 2. The summed E-state index contributed by atoms with van der Waals surface area (Å²) in [7, 11) is 0. The average Bonchev–Trinajstić information content (AvgIpc) is 2.29. The lowest BCUT2D eigenvalue weighted by Gasteiger charge is -2.34. The molecule has 1 amide bonds. The lowest BCUT2D eigenvalue weighted by Crippen LogP contribution is -2.55.